The smallest absolute Gasteiger partial charge is 0.192 e. The summed E-state index contributed by atoms with van der Waals surface area (Å²) in [6.45, 7) is 4.64. The van der Waals surface area contributed by atoms with Gasteiger partial charge in [0.2, 0.25) is 0 Å². The quantitative estimate of drug-likeness (QED) is 0.623. The summed E-state index contributed by atoms with van der Waals surface area (Å²) in [6.07, 6.45) is 7.34. The lowest BCUT2D eigenvalue weighted by atomic mass is 9.91. The van der Waals surface area contributed by atoms with E-state index in [0.717, 1.165) is 5.92 Å². The summed E-state index contributed by atoms with van der Waals surface area (Å²) in [5.41, 5.74) is 0. The van der Waals surface area contributed by atoms with Gasteiger partial charge < -0.3 is 4.43 Å². The number of hydrogen-bond donors (Lipinski definition) is 0. The molecule has 1 rings (SSSR count). The predicted octanol–water partition coefficient (Wildman–Crippen LogP) is 4.20. The van der Waals surface area contributed by atoms with Gasteiger partial charge in [-0.25, -0.2) is 0 Å². The minimum absolute atomic E-state index is 0.996. The third kappa shape index (κ3) is 3.09. The van der Waals surface area contributed by atoms with Crippen LogP contribution in [0.15, 0.2) is 0 Å². The fourth-order valence-corrected chi connectivity index (χ4v) is 6.11. The van der Waals surface area contributed by atoms with E-state index in [2.05, 4.69) is 13.8 Å². The van der Waals surface area contributed by atoms with Crippen molar-refractivity contribution in [1.29, 1.82) is 0 Å². The summed E-state index contributed by atoms with van der Waals surface area (Å²) in [5, 5.41) is 0. The highest BCUT2D eigenvalue weighted by molar-refractivity contribution is 6.73. The van der Waals surface area contributed by atoms with E-state index < -0.39 is 8.32 Å². The maximum Gasteiger partial charge on any atom is 0.192 e. The molecule has 0 bridgehead atoms. The van der Waals surface area contributed by atoms with Crippen LogP contribution in [0.5, 0.6) is 0 Å². The first-order valence-electron chi connectivity index (χ1n) is 6.31. The molecule has 2 heteroatoms. The molecule has 14 heavy (non-hydrogen) atoms. The zero-order valence-electron chi connectivity index (χ0n) is 10.1. The zero-order chi connectivity index (χ0) is 10.4. The first-order valence-corrected chi connectivity index (χ1v) is 8.84. The first-order chi connectivity index (χ1) is 6.76. The first kappa shape index (κ1) is 12.2. The van der Waals surface area contributed by atoms with Crippen LogP contribution in [0.3, 0.4) is 0 Å². The van der Waals surface area contributed by atoms with Gasteiger partial charge >= 0.3 is 0 Å². The van der Waals surface area contributed by atoms with Crippen LogP contribution in [0.1, 0.15) is 46.0 Å². The van der Waals surface area contributed by atoms with Crippen LogP contribution in [0, 0.1) is 5.92 Å². The summed E-state index contributed by atoms with van der Waals surface area (Å²) in [5.74, 6) is 0.996. The van der Waals surface area contributed by atoms with Crippen LogP contribution in [-0.2, 0) is 4.43 Å². The van der Waals surface area contributed by atoms with Crippen molar-refractivity contribution in [3.8, 4) is 0 Å². The van der Waals surface area contributed by atoms with E-state index >= 15 is 0 Å². The van der Waals surface area contributed by atoms with Crippen molar-refractivity contribution in [2.24, 2.45) is 5.92 Å². The summed E-state index contributed by atoms with van der Waals surface area (Å²) in [4.78, 5) is 0. The molecule has 84 valence electrons. The molecule has 1 saturated carbocycles. The van der Waals surface area contributed by atoms with Gasteiger partial charge in [0.15, 0.2) is 8.32 Å². The Morgan fingerprint density at radius 3 is 2.07 bits per heavy atom. The van der Waals surface area contributed by atoms with Gasteiger partial charge in [-0.15, -0.1) is 0 Å². The van der Waals surface area contributed by atoms with Gasteiger partial charge in [0.1, 0.15) is 0 Å². The normalized spacial score (nSPS) is 19.9. The molecule has 0 saturated heterocycles. The van der Waals surface area contributed by atoms with E-state index in [0.29, 0.717) is 0 Å². The summed E-state index contributed by atoms with van der Waals surface area (Å²) in [7, 11) is 0.642. The molecule has 1 aliphatic carbocycles. The Balaban J connectivity index is 2.44. The average Bonchev–Trinajstić information content (AvgIpc) is 2.28. The maximum atomic E-state index is 5.88. The maximum absolute atomic E-state index is 5.88. The lowest BCUT2D eigenvalue weighted by Crippen LogP contribution is -2.37. The number of rotatable bonds is 5. The molecular weight excluding hydrogens is 188 g/mol. The van der Waals surface area contributed by atoms with Crippen molar-refractivity contribution in [3.05, 3.63) is 0 Å². The molecule has 0 aromatic rings. The Morgan fingerprint density at radius 2 is 1.64 bits per heavy atom. The third-order valence-corrected chi connectivity index (χ3v) is 8.87. The minimum atomic E-state index is -1.30. The van der Waals surface area contributed by atoms with Gasteiger partial charge in [0, 0.05) is 7.11 Å². The van der Waals surface area contributed by atoms with Crippen LogP contribution in [0.25, 0.3) is 0 Å². The lowest BCUT2D eigenvalue weighted by molar-refractivity contribution is 0.340. The van der Waals surface area contributed by atoms with Crippen molar-refractivity contribution in [2.75, 3.05) is 7.11 Å². The zero-order valence-corrected chi connectivity index (χ0v) is 11.1. The van der Waals surface area contributed by atoms with Crippen molar-refractivity contribution >= 4 is 8.32 Å². The van der Waals surface area contributed by atoms with Gasteiger partial charge in [0.05, 0.1) is 0 Å². The second kappa shape index (κ2) is 5.91. The molecule has 0 atom stereocenters. The molecular formula is C12H26OSi. The molecule has 0 amide bonds. The fourth-order valence-electron chi connectivity index (χ4n) is 2.83. The SMILES string of the molecule is CC[Si](CC)(CC1CCCCC1)OC. The van der Waals surface area contributed by atoms with Crippen LogP contribution in [0.2, 0.25) is 18.1 Å². The standard InChI is InChI=1S/C12H26OSi/c1-4-14(5-2,13-3)11-12-9-7-6-8-10-12/h12H,4-11H2,1-3H3. The lowest BCUT2D eigenvalue weighted by Gasteiger charge is -2.33. The molecule has 0 aromatic heterocycles. The molecule has 0 spiro atoms. The molecule has 0 aliphatic heterocycles. The van der Waals surface area contributed by atoms with Crippen molar-refractivity contribution in [3.63, 3.8) is 0 Å². The molecule has 1 nitrogen and oxygen atoms in total. The Hall–Kier alpha value is 0.177. The summed E-state index contributed by atoms with van der Waals surface area (Å²) < 4.78 is 5.88. The van der Waals surface area contributed by atoms with Gasteiger partial charge in [-0.2, -0.15) is 0 Å². The molecule has 1 aliphatic rings. The molecule has 0 unspecified atom stereocenters. The largest absolute Gasteiger partial charge is 0.420 e. The van der Waals surface area contributed by atoms with Crippen LogP contribution < -0.4 is 0 Å². The molecule has 0 heterocycles. The van der Waals surface area contributed by atoms with Crippen molar-refractivity contribution in [1.82, 2.24) is 0 Å². The van der Waals surface area contributed by atoms with Gasteiger partial charge in [-0.05, 0) is 24.1 Å². The Bertz CT molecular complexity index is 140. The van der Waals surface area contributed by atoms with E-state index in [9.17, 15) is 0 Å². The highest BCUT2D eigenvalue weighted by Gasteiger charge is 2.33. The molecule has 0 N–H and O–H groups in total. The van der Waals surface area contributed by atoms with Crippen LogP contribution in [0.4, 0.5) is 0 Å². The highest BCUT2D eigenvalue weighted by Crippen LogP contribution is 2.34. The molecule has 0 aromatic carbocycles. The Kier molecular flexibility index (Phi) is 5.17. The van der Waals surface area contributed by atoms with Gasteiger partial charge in [-0.3, -0.25) is 0 Å². The number of hydrogen-bond acceptors (Lipinski definition) is 1. The van der Waals surface area contributed by atoms with Crippen molar-refractivity contribution < 1.29 is 4.43 Å². The highest BCUT2D eigenvalue weighted by atomic mass is 28.4. The van der Waals surface area contributed by atoms with E-state index in [1.807, 2.05) is 7.11 Å². The summed E-state index contributed by atoms with van der Waals surface area (Å²) in [6, 6.07) is 4.03. The average molecular weight is 214 g/mol. The second-order valence-corrected chi connectivity index (χ2v) is 9.40. The van der Waals surface area contributed by atoms with Crippen molar-refractivity contribution in [2.45, 2.75) is 64.1 Å². The van der Waals surface area contributed by atoms with Crippen LogP contribution >= 0.6 is 0 Å². The predicted molar refractivity (Wildman–Crippen MR) is 65.1 cm³/mol. The van der Waals surface area contributed by atoms with Gasteiger partial charge in [-0.1, -0.05) is 46.0 Å². The fraction of sp³-hybridized carbons (Fsp3) is 1.00. The minimum Gasteiger partial charge on any atom is -0.420 e. The Labute approximate surface area is 90.4 Å². The van der Waals surface area contributed by atoms with E-state index in [1.54, 1.807) is 0 Å². The Morgan fingerprint density at radius 1 is 1.07 bits per heavy atom. The topological polar surface area (TPSA) is 9.23 Å². The second-order valence-electron chi connectivity index (χ2n) is 4.80. The van der Waals surface area contributed by atoms with E-state index in [4.69, 9.17) is 4.43 Å². The molecule has 1 fully saturated rings. The third-order valence-electron chi connectivity index (χ3n) is 4.11. The summed E-state index contributed by atoms with van der Waals surface area (Å²) >= 11 is 0. The molecule has 0 radical (unpaired) electrons. The van der Waals surface area contributed by atoms with Crippen LogP contribution in [-0.4, -0.2) is 15.4 Å². The van der Waals surface area contributed by atoms with Gasteiger partial charge in [0.25, 0.3) is 0 Å². The monoisotopic (exact) mass is 214 g/mol. The van der Waals surface area contributed by atoms with E-state index in [-0.39, 0.29) is 0 Å². The van der Waals surface area contributed by atoms with E-state index in [1.165, 1.54) is 50.2 Å².